The van der Waals surface area contributed by atoms with Crippen LogP contribution in [0.3, 0.4) is 0 Å². The Labute approximate surface area is 151 Å². The molecule has 0 bridgehead atoms. The van der Waals surface area contributed by atoms with Crippen LogP contribution in [-0.2, 0) is 21.1 Å². The molecule has 0 spiro atoms. The SMILES string of the molecule is Cc1ccc(C)c(CC2CCCN2C(=O)CCC2CCS(=O)(=O)C2)c1. The first kappa shape index (κ1) is 18.4. The Bertz CT molecular complexity index is 741. The van der Waals surface area contributed by atoms with Crippen LogP contribution in [0, 0.1) is 19.8 Å². The van der Waals surface area contributed by atoms with E-state index >= 15 is 0 Å². The number of carbonyl (C=O) groups is 1. The zero-order chi connectivity index (χ0) is 18.0. The van der Waals surface area contributed by atoms with Crippen LogP contribution < -0.4 is 0 Å². The van der Waals surface area contributed by atoms with Crippen LogP contribution in [0.4, 0.5) is 0 Å². The van der Waals surface area contributed by atoms with Gasteiger partial charge >= 0.3 is 0 Å². The highest BCUT2D eigenvalue weighted by atomic mass is 32.2. The minimum Gasteiger partial charge on any atom is -0.339 e. The summed E-state index contributed by atoms with van der Waals surface area (Å²) in [5.74, 6) is 0.947. The lowest BCUT2D eigenvalue weighted by Gasteiger charge is -2.26. The third kappa shape index (κ3) is 4.63. The van der Waals surface area contributed by atoms with Gasteiger partial charge < -0.3 is 4.90 Å². The third-order valence-corrected chi connectivity index (χ3v) is 7.59. The van der Waals surface area contributed by atoms with Crippen LogP contribution >= 0.6 is 0 Å². The summed E-state index contributed by atoms with van der Waals surface area (Å²) in [6.07, 6.45) is 4.99. The first-order valence-electron chi connectivity index (χ1n) is 9.40. The van der Waals surface area contributed by atoms with Crippen LogP contribution in [0.1, 0.15) is 48.8 Å². The maximum atomic E-state index is 12.7. The summed E-state index contributed by atoms with van der Waals surface area (Å²) < 4.78 is 23.1. The van der Waals surface area contributed by atoms with E-state index in [0.717, 1.165) is 32.2 Å². The molecule has 4 nitrogen and oxygen atoms in total. The van der Waals surface area contributed by atoms with Gasteiger partial charge in [0.2, 0.25) is 5.91 Å². The van der Waals surface area contributed by atoms with E-state index in [1.54, 1.807) is 0 Å². The molecule has 0 aromatic heterocycles. The molecule has 2 aliphatic rings. The molecule has 1 aromatic rings. The summed E-state index contributed by atoms with van der Waals surface area (Å²) in [4.78, 5) is 14.7. The zero-order valence-corrected chi connectivity index (χ0v) is 16.1. The fourth-order valence-corrected chi connectivity index (χ4v) is 6.13. The zero-order valence-electron chi connectivity index (χ0n) is 15.3. The second-order valence-corrected chi connectivity index (χ2v) is 10.1. The Morgan fingerprint density at radius 3 is 2.76 bits per heavy atom. The molecule has 2 aliphatic heterocycles. The van der Waals surface area contributed by atoms with E-state index in [9.17, 15) is 13.2 Å². The van der Waals surface area contributed by atoms with E-state index in [1.807, 2.05) is 4.90 Å². The number of hydrogen-bond donors (Lipinski definition) is 0. The summed E-state index contributed by atoms with van der Waals surface area (Å²) in [7, 11) is -2.85. The minimum absolute atomic E-state index is 0.175. The number of likely N-dealkylation sites (tertiary alicyclic amines) is 1. The van der Waals surface area contributed by atoms with Gasteiger partial charge in [-0.15, -0.1) is 0 Å². The molecule has 0 N–H and O–H groups in total. The number of sulfone groups is 1. The normalized spacial score (nSPS) is 25.4. The Morgan fingerprint density at radius 2 is 2.04 bits per heavy atom. The topological polar surface area (TPSA) is 54.5 Å². The van der Waals surface area contributed by atoms with E-state index in [-0.39, 0.29) is 17.6 Å². The largest absolute Gasteiger partial charge is 0.339 e. The highest BCUT2D eigenvalue weighted by Crippen LogP contribution is 2.27. The molecule has 2 atom stereocenters. The molecule has 2 saturated heterocycles. The molecule has 1 aromatic carbocycles. The lowest BCUT2D eigenvalue weighted by atomic mass is 9.97. The van der Waals surface area contributed by atoms with Gasteiger partial charge in [0.05, 0.1) is 11.5 Å². The molecule has 1 amide bonds. The van der Waals surface area contributed by atoms with Gasteiger partial charge in [0.25, 0.3) is 0 Å². The maximum absolute atomic E-state index is 12.7. The first-order valence-corrected chi connectivity index (χ1v) is 11.2. The highest BCUT2D eigenvalue weighted by Gasteiger charge is 2.31. The second-order valence-electron chi connectivity index (χ2n) is 7.82. The Hall–Kier alpha value is -1.36. The van der Waals surface area contributed by atoms with E-state index in [4.69, 9.17) is 0 Å². The van der Waals surface area contributed by atoms with Crippen LogP contribution in [0.15, 0.2) is 18.2 Å². The van der Waals surface area contributed by atoms with Crippen molar-refractivity contribution in [3.05, 3.63) is 34.9 Å². The van der Waals surface area contributed by atoms with Gasteiger partial charge in [-0.05, 0) is 63.0 Å². The Morgan fingerprint density at radius 1 is 1.24 bits per heavy atom. The van der Waals surface area contributed by atoms with Crippen molar-refractivity contribution in [2.75, 3.05) is 18.1 Å². The van der Waals surface area contributed by atoms with Gasteiger partial charge in [0, 0.05) is 19.0 Å². The van der Waals surface area contributed by atoms with E-state index in [2.05, 4.69) is 32.0 Å². The van der Waals surface area contributed by atoms with Crippen molar-refractivity contribution in [3.8, 4) is 0 Å². The second kappa shape index (κ2) is 7.48. The molecule has 138 valence electrons. The smallest absolute Gasteiger partial charge is 0.222 e. The summed E-state index contributed by atoms with van der Waals surface area (Å²) in [6, 6.07) is 6.82. The summed E-state index contributed by atoms with van der Waals surface area (Å²) in [6.45, 7) is 5.09. The number of carbonyl (C=O) groups excluding carboxylic acids is 1. The van der Waals surface area contributed by atoms with Crippen LogP contribution in [0.5, 0.6) is 0 Å². The summed E-state index contributed by atoms with van der Waals surface area (Å²) in [5, 5.41) is 0. The fraction of sp³-hybridized carbons (Fsp3) is 0.650. The lowest BCUT2D eigenvalue weighted by molar-refractivity contribution is -0.132. The maximum Gasteiger partial charge on any atom is 0.222 e. The van der Waals surface area contributed by atoms with Crippen LogP contribution in [0.25, 0.3) is 0 Å². The van der Waals surface area contributed by atoms with Gasteiger partial charge in [-0.1, -0.05) is 23.8 Å². The molecule has 0 saturated carbocycles. The molecule has 25 heavy (non-hydrogen) atoms. The highest BCUT2D eigenvalue weighted by molar-refractivity contribution is 7.91. The molecule has 0 aliphatic carbocycles. The minimum atomic E-state index is -2.85. The van der Waals surface area contributed by atoms with Crippen molar-refractivity contribution < 1.29 is 13.2 Å². The third-order valence-electron chi connectivity index (χ3n) is 5.75. The fourth-order valence-electron chi connectivity index (χ4n) is 4.22. The first-order chi connectivity index (χ1) is 11.8. The van der Waals surface area contributed by atoms with Crippen molar-refractivity contribution in [2.45, 2.75) is 58.4 Å². The monoisotopic (exact) mass is 363 g/mol. The van der Waals surface area contributed by atoms with E-state index in [0.29, 0.717) is 24.6 Å². The predicted molar refractivity (Wildman–Crippen MR) is 100 cm³/mol. The number of rotatable bonds is 5. The number of benzene rings is 1. The number of amides is 1. The van der Waals surface area contributed by atoms with Gasteiger partial charge in [-0.25, -0.2) is 8.42 Å². The molecule has 2 unspecified atom stereocenters. The average molecular weight is 364 g/mol. The molecular weight excluding hydrogens is 334 g/mol. The standard InChI is InChI=1S/C20H29NO3S/c1-15-5-6-16(2)18(12-15)13-19-4-3-10-21(19)20(22)8-7-17-9-11-25(23,24)14-17/h5-6,12,17,19H,3-4,7-11,13-14H2,1-2H3. The number of aryl methyl sites for hydroxylation is 2. The van der Waals surface area contributed by atoms with Crippen molar-refractivity contribution in [3.63, 3.8) is 0 Å². The summed E-state index contributed by atoms with van der Waals surface area (Å²) in [5.41, 5.74) is 3.89. The van der Waals surface area contributed by atoms with Gasteiger partial charge in [0.1, 0.15) is 0 Å². The van der Waals surface area contributed by atoms with E-state index in [1.165, 1.54) is 16.7 Å². The van der Waals surface area contributed by atoms with Crippen LogP contribution in [0.2, 0.25) is 0 Å². The molecule has 2 heterocycles. The number of hydrogen-bond acceptors (Lipinski definition) is 3. The predicted octanol–water partition coefficient (Wildman–Crippen LogP) is 3.05. The van der Waals surface area contributed by atoms with Crippen LogP contribution in [-0.4, -0.2) is 43.3 Å². The number of nitrogens with zero attached hydrogens (tertiary/aromatic N) is 1. The van der Waals surface area contributed by atoms with Crippen molar-refractivity contribution in [1.82, 2.24) is 4.90 Å². The van der Waals surface area contributed by atoms with Crippen molar-refractivity contribution >= 4 is 15.7 Å². The van der Waals surface area contributed by atoms with Gasteiger partial charge in [-0.2, -0.15) is 0 Å². The van der Waals surface area contributed by atoms with E-state index < -0.39 is 9.84 Å². The van der Waals surface area contributed by atoms with Gasteiger partial charge in [-0.3, -0.25) is 4.79 Å². The molecule has 3 rings (SSSR count). The lowest BCUT2D eigenvalue weighted by Crippen LogP contribution is -2.37. The van der Waals surface area contributed by atoms with Crippen molar-refractivity contribution in [2.24, 2.45) is 5.92 Å². The average Bonchev–Trinajstić information content (AvgIpc) is 3.15. The molecular formula is C20H29NO3S. The van der Waals surface area contributed by atoms with Crippen molar-refractivity contribution in [1.29, 1.82) is 0 Å². The molecule has 0 radical (unpaired) electrons. The van der Waals surface area contributed by atoms with Gasteiger partial charge in [0.15, 0.2) is 9.84 Å². The Kier molecular flexibility index (Phi) is 5.52. The Balaban J connectivity index is 1.57. The molecule has 2 fully saturated rings. The quantitative estimate of drug-likeness (QED) is 0.808. The molecule has 5 heteroatoms. The summed E-state index contributed by atoms with van der Waals surface area (Å²) >= 11 is 0.